The largest absolute Gasteiger partial charge is 0.357 e. The van der Waals surface area contributed by atoms with E-state index in [4.69, 9.17) is 0 Å². The lowest BCUT2D eigenvalue weighted by Crippen LogP contribution is -2.36. The molecule has 3 aromatic rings. The molecular weight excluding hydrogens is 461 g/mol. The monoisotopic (exact) mass is 489 g/mol. The molecule has 0 spiro atoms. The second kappa shape index (κ2) is 11.5. The molecule has 0 unspecified atom stereocenters. The van der Waals surface area contributed by atoms with Crippen molar-refractivity contribution in [3.05, 3.63) is 89.2 Å². The second-order valence-corrected chi connectivity index (χ2v) is 6.51. The molecule has 6 heteroatoms. The number of hydrogen-bond acceptors (Lipinski definition) is 2. The Morgan fingerprint density at radius 3 is 2.50 bits per heavy atom. The third-order valence-corrected chi connectivity index (χ3v) is 4.35. The number of nitrogens with zero attached hydrogens (tertiary/aromatic N) is 3. The fourth-order valence-corrected chi connectivity index (χ4v) is 2.84. The number of halogens is 1. The molecule has 0 aliphatic rings. The molecule has 0 aliphatic carbocycles. The summed E-state index contributed by atoms with van der Waals surface area (Å²) in [4.78, 5) is 4.69. The number of benzene rings is 2. The Labute approximate surface area is 184 Å². The van der Waals surface area contributed by atoms with Crippen LogP contribution in [0.15, 0.2) is 72.0 Å². The molecule has 148 valence electrons. The molecule has 0 fully saturated rings. The quantitative estimate of drug-likeness (QED) is 0.299. The van der Waals surface area contributed by atoms with Gasteiger partial charge in [-0.3, -0.25) is 4.68 Å². The van der Waals surface area contributed by atoms with Crippen molar-refractivity contribution in [2.75, 3.05) is 6.54 Å². The van der Waals surface area contributed by atoms with E-state index in [2.05, 4.69) is 77.2 Å². The van der Waals surface area contributed by atoms with Crippen molar-refractivity contribution in [1.82, 2.24) is 20.4 Å². The summed E-state index contributed by atoms with van der Waals surface area (Å²) in [6, 6.07) is 18.7. The predicted molar refractivity (Wildman–Crippen MR) is 126 cm³/mol. The third kappa shape index (κ3) is 6.67. The van der Waals surface area contributed by atoms with E-state index in [1.165, 1.54) is 16.7 Å². The molecule has 2 aromatic carbocycles. The number of nitrogens with one attached hydrogen (secondary N) is 2. The highest BCUT2D eigenvalue weighted by atomic mass is 127. The smallest absolute Gasteiger partial charge is 0.191 e. The molecule has 0 saturated carbocycles. The van der Waals surface area contributed by atoms with Crippen LogP contribution < -0.4 is 10.6 Å². The Hall–Kier alpha value is -2.35. The first-order chi connectivity index (χ1) is 13.2. The molecule has 0 aliphatic heterocycles. The zero-order chi connectivity index (χ0) is 18.9. The summed E-state index contributed by atoms with van der Waals surface area (Å²) in [5.74, 6) is 0.816. The summed E-state index contributed by atoms with van der Waals surface area (Å²) < 4.78 is 1.95. The topological polar surface area (TPSA) is 54.2 Å². The average molecular weight is 489 g/mol. The van der Waals surface area contributed by atoms with Crippen LogP contribution in [0.3, 0.4) is 0 Å². The van der Waals surface area contributed by atoms with E-state index in [9.17, 15) is 0 Å². The van der Waals surface area contributed by atoms with E-state index in [0.29, 0.717) is 6.54 Å². The van der Waals surface area contributed by atoms with Crippen LogP contribution in [0.5, 0.6) is 0 Å². The van der Waals surface area contributed by atoms with Gasteiger partial charge in [0.25, 0.3) is 0 Å². The van der Waals surface area contributed by atoms with E-state index >= 15 is 0 Å². The summed E-state index contributed by atoms with van der Waals surface area (Å²) in [5, 5.41) is 11.2. The van der Waals surface area contributed by atoms with Gasteiger partial charge in [0.2, 0.25) is 0 Å². The number of aliphatic imine (C=N–C) groups is 1. The summed E-state index contributed by atoms with van der Waals surface area (Å²) in [6.07, 6.45) is 3.94. The number of hydrogen-bond donors (Lipinski definition) is 2. The first-order valence-electron chi connectivity index (χ1n) is 9.36. The zero-order valence-electron chi connectivity index (χ0n) is 16.4. The van der Waals surface area contributed by atoms with Crippen molar-refractivity contribution in [2.45, 2.75) is 33.5 Å². The standard InChI is InChI=1S/C22H27N5.HI/c1-3-23-22(25-15-21-12-8-7-9-18(21)2)24-13-20-14-26-27(17-20)16-19-10-5-4-6-11-19;/h4-12,14,17H,3,13,15-16H2,1-2H3,(H2,23,24,25);1H. The van der Waals surface area contributed by atoms with Crippen LogP contribution in [-0.4, -0.2) is 22.3 Å². The van der Waals surface area contributed by atoms with Gasteiger partial charge in [-0.25, -0.2) is 4.99 Å². The molecule has 5 nitrogen and oxygen atoms in total. The van der Waals surface area contributed by atoms with Crippen molar-refractivity contribution in [1.29, 1.82) is 0 Å². The Bertz CT molecular complexity index is 873. The van der Waals surface area contributed by atoms with Gasteiger partial charge in [0.1, 0.15) is 0 Å². The molecule has 2 N–H and O–H groups in total. The lowest BCUT2D eigenvalue weighted by Gasteiger charge is -2.12. The number of aromatic nitrogens is 2. The van der Waals surface area contributed by atoms with E-state index in [0.717, 1.165) is 31.2 Å². The predicted octanol–water partition coefficient (Wildman–Crippen LogP) is 4.11. The summed E-state index contributed by atoms with van der Waals surface area (Å²) >= 11 is 0. The molecule has 28 heavy (non-hydrogen) atoms. The minimum absolute atomic E-state index is 0. The first kappa shape index (κ1) is 21.9. The minimum atomic E-state index is 0. The second-order valence-electron chi connectivity index (χ2n) is 6.51. The maximum absolute atomic E-state index is 4.69. The van der Waals surface area contributed by atoms with Gasteiger partial charge in [0, 0.05) is 24.8 Å². The van der Waals surface area contributed by atoms with Crippen molar-refractivity contribution < 1.29 is 0 Å². The number of rotatable bonds is 7. The third-order valence-electron chi connectivity index (χ3n) is 4.35. The van der Waals surface area contributed by atoms with Gasteiger partial charge in [-0.1, -0.05) is 54.6 Å². The van der Waals surface area contributed by atoms with Crippen LogP contribution in [-0.2, 0) is 19.6 Å². The molecule has 0 radical (unpaired) electrons. The van der Waals surface area contributed by atoms with Crippen LogP contribution in [0.25, 0.3) is 0 Å². The van der Waals surface area contributed by atoms with Crippen LogP contribution in [0.4, 0.5) is 0 Å². The fourth-order valence-electron chi connectivity index (χ4n) is 2.84. The van der Waals surface area contributed by atoms with Crippen molar-refractivity contribution in [3.63, 3.8) is 0 Å². The molecule has 1 heterocycles. The van der Waals surface area contributed by atoms with Crippen LogP contribution >= 0.6 is 24.0 Å². The zero-order valence-corrected chi connectivity index (χ0v) is 18.8. The summed E-state index contributed by atoms with van der Waals surface area (Å²) in [5.41, 5.74) is 4.89. The van der Waals surface area contributed by atoms with Crippen LogP contribution in [0.1, 0.15) is 29.2 Å². The Morgan fingerprint density at radius 1 is 1.00 bits per heavy atom. The number of guanidine groups is 1. The SMILES string of the molecule is CCNC(=NCc1cnn(Cc2ccccc2)c1)NCc1ccccc1C.I. The lowest BCUT2D eigenvalue weighted by molar-refractivity contribution is 0.686. The Kier molecular flexibility index (Phi) is 9.00. The van der Waals surface area contributed by atoms with E-state index < -0.39 is 0 Å². The van der Waals surface area contributed by atoms with Crippen LogP contribution in [0, 0.1) is 6.92 Å². The number of aryl methyl sites for hydroxylation is 1. The highest BCUT2D eigenvalue weighted by Gasteiger charge is 2.03. The van der Waals surface area contributed by atoms with Crippen molar-refractivity contribution >= 4 is 29.9 Å². The molecule has 0 atom stereocenters. The fraction of sp³-hybridized carbons (Fsp3) is 0.273. The van der Waals surface area contributed by atoms with Crippen LogP contribution in [0.2, 0.25) is 0 Å². The van der Waals surface area contributed by atoms with Gasteiger partial charge in [-0.15, -0.1) is 24.0 Å². The average Bonchev–Trinajstić information content (AvgIpc) is 3.13. The minimum Gasteiger partial charge on any atom is -0.357 e. The van der Waals surface area contributed by atoms with E-state index in [1.54, 1.807) is 0 Å². The molecule has 1 aromatic heterocycles. The van der Waals surface area contributed by atoms with Gasteiger partial charge < -0.3 is 10.6 Å². The van der Waals surface area contributed by atoms with Crippen molar-refractivity contribution in [3.8, 4) is 0 Å². The summed E-state index contributed by atoms with van der Waals surface area (Å²) in [6.45, 7) is 7.15. The molecule has 0 saturated heterocycles. The van der Waals surface area contributed by atoms with Crippen molar-refractivity contribution in [2.24, 2.45) is 4.99 Å². The van der Waals surface area contributed by atoms with Gasteiger partial charge in [-0.2, -0.15) is 5.10 Å². The molecule has 0 amide bonds. The Morgan fingerprint density at radius 2 is 1.75 bits per heavy atom. The first-order valence-corrected chi connectivity index (χ1v) is 9.36. The highest BCUT2D eigenvalue weighted by Crippen LogP contribution is 2.07. The van der Waals surface area contributed by atoms with E-state index in [1.807, 2.05) is 29.1 Å². The summed E-state index contributed by atoms with van der Waals surface area (Å²) in [7, 11) is 0. The highest BCUT2D eigenvalue weighted by molar-refractivity contribution is 14.0. The molecular formula is C22H28IN5. The van der Waals surface area contributed by atoms with Gasteiger partial charge in [0.15, 0.2) is 5.96 Å². The van der Waals surface area contributed by atoms with Gasteiger partial charge in [-0.05, 0) is 30.5 Å². The Balaban J connectivity index is 0.00000280. The molecule has 3 rings (SSSR count). The van der Waals surface area contributed by atoms with Gasteiger partial charge >= 0.3 is 0 Å². The van der Waals surface area contributed by atoms with Gasteiger partial charge in [0.05, 0.1) is 19.3 Å². The molecule has 0 bridgehead atoms. The normalized spacial score (nSPS) is 11.0. The maximum atomic E-state index is 4.69. The lowest BCUT2D eigenvalue weighted by atomic mass is 10.1. The van der Waals surface area contributed by atoms with E-state index in [-0.39, 0.29) is 24.0 Å². The maximum Gasteiger partial charge on any atom is 0.191 e.